The first kappa shape index (κ1) is 15.3. The molecule has 1 aromatic rings. The molecule has 1 unspecified atom stereocenters. The number of aryl methyl sites for hydroxylation is 1. The van der Waals surface area contributed by atoms with Gasteiger partial charge in [-0.1, -0.05) is 17.7 Å². The molecule has 0 aliphatic carbocycles. The van der Waals surface area contributed by atoms with Crippen LogP contribution in [0.3, 0.4) is 0 Å². The van der Waals surface area contributed by atoms with Gasteiger partial charge in [0, 0.05) is 19.3 Å². The molecule has 1 N–H and O–H groups in total. The number of anilines is 1. The summed E-state index contributed by atoms with van der Waals surface area (Å²) in [5.74, 6) is -1.04. The second-order valence-corrected chi connectivity index (χ2v) is 5.23. The van der Waals surface area contributed by atoms with Crippen LogP contribution in [0.1, 0.15) is 12.0 Å². The maximum absolute atomic E-state index is 12.6. The average molecular weight is 292 g/mol. The van der Waals surface area contributed by atoms with Crippen LogP contribution in [0.5, 0.6) is 0 Å². The lowest BCUT2D eigenvalue weighted by Gasteiger charge is -2.30. The smallest absolute Gasteiger partial charge is 0.325 e. The number of likely N-dealkylation sites (N-methyl/N-ethyl adjacent to an activating group) is 1. The normalized spacial score (nSPS) is 17.5. The van der Waals surface area contributed by atoms with Crippen LogP contribution in [-0.2, 0) is 9.53 Å². The molecule has 1 heterocycles. The van der Waals surface area contributed by atoms with Crippen molar-refractivity contribution in [2.24, 2.45) is 0 Å². The van der Waals surface area contributed by atoms with E-state index in [2.05, 4.69) is 0 Å². The molecule has 0 aromatic heterocycles. The first-order valence-electron chi connectivity index (χ1n) is 6.89. The first-order valence-corrected chi connectivity index (χ1v) is 6.89. The summed E-state index contributed by atoms with van der Waals surface area (Å²) in [6.45, 7) is 2.71. The number of nitrogens with zero attached hydrogens (tertiary/aromatic N) is 2. The quantitative estimate of drug-likeness (QED) is 0.917. The molecule has 21 heavy (non-hydrogen) atoms. The number of amides is 2. The number of carboxylic acid groups (broad SMARTS) is 1. The summed E-state index contributed by atoms with van der Waals surface area (Å²) in [5.41, 5.74) is 1.64. The van der Waals surface area contributed by atoms with Crippen LogP contribution in [0.2, 0.25) is 0 Å². The predicted molar refractivity (Wildman–Crippen MR) is 78.5 cm³/mol. The van der Waals surface area contributed by atoms with Gasteiger partial charge in [0.05, 0.1) is 12.6 Å². The van der Waals surface area contributed by atoms with Crippen molar-refractivity contribution in [1.82, 2.24) is 4.90 Å². The fourth-order valence-electron chi connectivity index (χ4n) is 2.30. The lowest BCUT2D eigenvalue weighted by Crippen LogP contribution is -2.48. The number of hydrogen-bond donors (Lipinski definition) is 1. The zero-order chi connectivity index (χ0) is 15.4. The average Bonchev–Trinajstić information content (AvgIpc) is 2.98. The Morgan fingerprint density at radius 2 is 2.00 bits per heavy atom. The van der Waals surface area contributed by atoms with Crippen LogP contribution in [-0.4, -0.2) is 54.9 Å². The fraction of sp³-hybridized carbons (Fsp3) is 0.467. The lowest BCUT2D eigenvalue weighted by atomic mass is 10.2. The third-order valence-electron chi connectivity index (χ3n) is 3.63. The Bertz CT molecular complexity index is 509. The van der Waals surface area contributed by atoms with E-state index in [9.17, 15) is 9.59 Å². The van der Waals surface area contributed by atoms with Gasteiger partial charge in [0.25, 0.3) is 0 Å². The summed E-state index contributed by atoms with van der Waals surface area (Å²) < 4.78 is 5.28. The van der Waals surface area contributed by atoms with Gasteiger partial charge in [-0.3, -0.25) is 9.69 Å². The van der Waals surface area contributed by atoms with Crippen LogP contribution in [0.4, 0.5) is 10.5 Å². The summed E-state index contributed by atoms with van der Waals surface area (Å²) in [4.78, 5) is 26.5. The molecule has 2 rings (SSSR count). The zero-order valence-corrected chi connectivity index (χ0v) is 12.3. The van der Waals surface area contributed by atoms with Gasteiger partial charge in [-0.05, 0) is 25.5 Å². The number of carboxylic acids is 1. The van der Waals surface area contributed by atoms with Gasteiger partial charge in [-0.25, -0.2) is 4.79 Å². The molecular weight excluding hydrogens is 272 g/mol. The van der Waals surface area contributed by atoms with E-state index in [4.69, 9.17) is 9.84 Å². The van der Waals surface area contributed by atoms with Gasteiger partial charge < -0.3 is 14.7 Å². The van der Waals surface area contributed by atoms with Crippen LogP contribution >= 0.6 is 0 Å². The summed E-state index contributed by atoms with van der Waals surface area (Å²) in [7, 11) is 1.69. The number of benzene rings is 1. The molecule has 0 spiro atoms. The van der Waals surface area contributed by atoms with E-state index in [0.717, 1.165) is 12.0 Å². The number of rotatable bonds is 4. The van der Waals surface area contributed by atoms with Crippen molar-refractivity contribution in [2.75, 3.05) is 31.7 Å². The second kappa shape index (κ2) is 6.58. The standard InChI is InChI=1S/C15H20N2O4/c1-11-3-5-12(6-4-11)17(9-14(18)19)15(20)16(2)13-7-8-21-10-13/h3-6,13H,7-10H2,1-2H3,(H,18,19). The van der Waals surface area contributed by atoms with E-state index < -0.39 is 5.97 Å². The Morgan fingerprint density at radius 3 is 2.52 bits per heavy atom. The number of carbonyl (C=O) groups excluding carboxylic acids is 1. The van der Waals surface area contributed by atoms with Crippen LogP contribution < -0.4 is 4.90 Å². The number of carbonyl (C=O) groups is 2. The fourth-order valence-corrected chi connectivity index (χ4v) is 2.30. The van der Waals surface area contributed by atoms with Crippen molar-refractivity contribution in [3.8, 4) is 0 Å². The Hall–Kier alpha value is -2.08. The van der Waals surface area contributed by atoms with Crippen LogP contribution in [0.15, 0.2) is 24.3 Å². The Morgan fingerprint density at radius 1 is 1.33 bits per heavy atom. The number of urea groups is 1. The van der Waals surface area contributed by atoms with Gasteiger partial charge in [0.15, 0.2) is 0 Å². The minimum absolute atomic E-state index is 0.000701. The number of hydrogen-bond acceptors (Lipinski definition) is 3. The highest BCUT2D eigenvalue weighted by Gasteiger charge is 2.29. The summed E-state index contributed by atoms with van der Waals surface area (Å²) in [5, 5.41) is 9.06. The monoisotopic (exact) mass is 292 g/mol. The molecule has 0 saturated carbocycles. The van der Waals surface area contributed by atoms with Crippen molar-refractivity contribution in [1.29, 1.82) is 0 Å². The molecule has 1 aliphatic rings. The van der Waals surface area contributed by atoms with Crippen LogP contribution in [0.25, 0.3) is 0 Å². The maximum Gasteiger partial charge on any atom is 0.325 e. The summed E-state index contributed by atoms with van der Waals surface area (Å²) >= 11 is 0. The van der Waals surface area contributed by atoms with E-state index in [1.807, 2.05) is 19.1 Å². The molecular formula is C15H20N2O4. The molecule has 1 saturated heterocycles. The third-order valence-corrected chi connectivity index (χ3v) is 3.63. The first-order chi connectivity index (χ1) is 9.99. The number of ether oxygens (including phenoxy) is 1. The SMILES string of the molecule is Cc1ccc(N(CC(=O)O)C(=O)N(C)C2CCOC2)cc1. The van der Waals surface area contributed by atoms with Crippen molar-refractivity contribution in [3.05, 3.63) is 29.8 Å². The van der Waals surface area contributed by atoms with Gasteiger partial charge in [-0.15, -0.1) is 0 Å². The van der Waals surface area contributed by atoms with Gasteiger partial charge in [0.2, 0.25) is 0 Å². The molecule has 114 valence electrons. The molecule has 6 heteroatoms. The Labute approximate surface area is 123 Å². The molecule has 2 amide bonds. The van der Waals surface area contributed by atoms with Gasteiger partial charge in [-0.2, -0.15) is 0 Å². The molecule has 0 radical (unpaired) electrons. The number of aliphatic carboxylic acids is 1. The summed E-state index contributed by atoms with van der Waals surface area (Å²) in [6, 6.07) is 6.91. The van der Waals surface area contributed by atoms with E-state index in [1.54, 1.807) is 24.1 Å². The molecule has 1 atom stereocenters. The van der Waals surface area contributed by atoms with Gasteiger partial charge >= 0.3 is 12.0 Å². The van der Waals surface area contributed by atoms with E-state index in [1.165, 1.54) is 4.90 Å². The van der Waals surface area contributed by atoms with Crippen molar-refractivity contribution in [3.63, 3.8) is 0 Å². The molecule has 1 fully saturated rings. The lowest BCUT2D eigenvalue weighted by molar-refractivity contribution is -0.135. The van der Waals surface area contributed by atoms with E-state index >= 15 is 0 Å². The minimum Gasteiger partial charge on any atom is -0.480 e. The molecule has 1 aliphatic heterocycles. The predicted octanol–water partition coefficient (Wildman–Crippen LogP) is 1.73. The maximum atomic E-state index is 12.6. The topological polar surface area (TPSA) is 70.1 Å². The molecule has 6 nitrogen and oxygen atoms in total. The van der Waals surface area contributed by atoms with Crippen molar-refractivity contribution < 1.29 is 19.4 Å². The third kappa shape index (κ3) is 3.72. The molecule has 1 aromatic carbocycles. The highest BCUT2D eigenvalue weighted by molar-refractivity contribution is 5.96. The minimum atomic E-state index is -1.04. The highest BCUT2D eigenvalue weighted by Crippen LogP contribution is 2.19. The largest absolute Gasteiger partial charge is 0.480 e. The van der Waals surface area contributed by atoms with E-state index in [-0.39, 0.29) is 18.6 Å². The Balaban J connectivity index is 2.20. The summed E-state index contributed by atoms with van der Waals surface area (Å²) in [6.07, 6.45) is 0.775. The zero-order valence-electron chi connectivity index (χ0n) is 12.3. The highest BCUT2D eigenvalue weighted by atomic mass is 16.5. The Kier molecular flexibility index (Phi) is 4.80. The second-order valence-electron chi connectivity index (χ2n) is 5.23. The van der Waals surface area contributed by atoms with E-state index in [0.29, 0.717) is 18.9 Å². The molecule has 0 bridgehead atoms. The van der Waals surface area contributed by atoms with Crippen LogP contribution in [0, 0.1) is 6.92 Å². The van der Waals surface area contributed by atoms with Crippen molar-refractivity contribution in [2.45, 2.75) is 19.4 Å². The van der Waals surface area contributed by atoms with Crippen molar-refractivity contribution >= 4 is 17.7 Å². The van der Waals surface area contributed by atoms with Gasteiger partial charge in [0.1, 0.15) is 6.54 Å².